The molecule has 3 heteroatoms. The summed E-state index contributed by atoms with van der Waals surface area (Å²) < 4.78 is 0. The Morgan fingerprint density at radius 2 is 0.839 bits per heavy atom. The Morgan fingerprint density at radius 3 is 1.59 bits per heavy atom. The quantitative estimate of drug-likeness (QED) is 0.171. The average molecular weight is 710 g/mol. The SMILES string of the molecule is c1cc(-c2ccc3ccc4ccc(-c5cncc6ccccc56)nc4c3n2)cc(-c2ccc3ccc4c(-c5ccc6ccccc6c5)ccc5ccc2c3c54)c1. The molecule has 0 saturated carbocycles. The highest BCUT2D eigenvalue weighted by Gasteiger charge is 2.16. The Kier molecular flexibility index (Phi) is 6.63. The second kappa shape index (κ2) is 12.0. The van der Waals surface area contributed by atoms with Crippen LogP contribution in [0.2, 0.25) is 0 Å². The molecule has 0 radical (unpaired) electrons. The van der Waals surface area contributed by atoms with Crippen molar-refractivity contribution in [2.45, 2.75) is 0 Å². The number of fused-ring (bicyclic) bond motifs is 5. The van der Waals surface area contributed by atoms with Crippen molar-refractivity contribution in [1.82, 2.24) is 15.0 Å². The van der Waals surface area contributed by atoms with Crippen LogP contribution >= 0.6 is 0 Å². The van der Waals surface area contributed by atoms with Gasteiger partial charge in [0.05, 0.1) is 22.4 Å². The number of aromatic nitrogens is 3. The van der Waals surface area contributed by atoms with Crippen LogP contribution in [-0.4, -0.2) is 15.0 Å². The molecule has 0 fully saturated rings. The van der Waals surface area contributed by atoms with Crippen LogP contribution in [0, 0.1) is 0 Å². The minimum absolute atomic E-state index is 0.890. The highest BCUT2D eigenvalue weighted by molar-refractivity contribution is 6.27. The molecule has 56 heavy (non-hydrogen) atoms. The molecule has 0 aliphatic carbocycles. The van der Waals surface area contributed by atoms with Gasteiger partial charge in [-0.2, -0.15) is 0 Å². The lowest BCUT2D eigenvalue weighted by Gasteiger charge is -2.17. The van der Waals surface area contributed by atoms with Crippen LogP contribution in [0.15, 0.2) is 188 Å². The number of hydrogen-bond donors (Lipinski definition) is 0. The van der Waals surface area contributed by atoms with E-state index in [1.807, 2.05) is 18.5 Å². The van der Waals surface area contributed by atoms with Crippen molar-refractivity contribution in [1.29, 1.82) is 0 Å². The Labute approximate surface area is 322 Å². The predicted molar refractivity (Wildman–Crippen MR) is 235 cm³/mol. The first-order chi connectivity index (χ1) is 27.7. The van der Waals surface area contributed by atoms with Crippen LogP contribution in [0.3, 0.4) is 0 Å². The van der Waals surface area contributed by atoms with Crippen molar-refractivity contribution in [3.05, 3.63) is 188 Å². The normalized spacial score (nSPS) is 11.9. The van der Waals surface area contributed by atoms with Gasteiger partial charge in [-0.15, -0.1) is 0 Å². The van der Waals surface area contributed by atoms with Crippen LogP contribution in [0.25, 0.3) is 120 Å². The maximum atomic E-state index is 5.31. The largest absolute Gasteiger partial charge is 0.263 e. The van der Waals surface area contributed by atoms with Crippen molar-refractivity contribution >= 4 is 75.7 Å². The molecule has 0 aliphatic rings. The summed E-state index contributed by atoms with van der Waals surface area (Å²) in [5.74, 6) is 0. The van der Waals surface area contributed by atoms with Crippen LogP contribution in [0.4, 0.5) is 0 Å². The van der Waals surface area contributed by atoms with E-state index in [2.05, 4.69) is 175 Å². The van der Waals surface area contributed by atoms with Gasteiger partial charge < -0.3 is 0 Å². The number of pyridine rings is 3. The zero-order valence-electron chi connectivity index (χ0n) is 30.2. The Balaban J connectivity index is 0.990. The maximum absolute atomic E-state index is 5.31. The summed E-state index contributed by atoms with van der Waals surface area (Å²) in [4.78, 5) is 15.1. The maximum Gasteiger partial charge on any atom is 0.0972 e. The zero-order chi connectivity index (χ0) is 36.7. The van der Waals surface area contributed by atoms with E-state index in [0.29, 0.717) is 0 Å². The second-order valence-electron chi connectivity index (χ2n) is 14.8. The minimum Gasteiger partial charge on any atom is -0.263 e. The molecule has 0 bridgehead atoms. The van der Waals surface area contributed by atoms with Gasteiger partial charge in [0, 0.05) is 39.7 Å². The van der Waals surface area contributed by atoms with E-state index in [1.54, 1.807) is 0 Å². The van der Waals surface area contributed by atoms with Gasteiger partial charge in [0.25, 0.3) is 0 Å². The van der Waals surface area contributed by atoms with E-state index in [9.17, 15) is 0 Å². The van der Waals surface area contributed by atoms with Gasteiger partial charge >= 0.3 is 0 Å². The van der Waals surface area contributed by atoms with Gasteiger partial charge in [-0.05, 0) is 95.0 Å². The molecule has 12 aromatic rings. The molecule has 0 N–H and O–H groups in total. The van der Waals surface area contributed by atoms with Crippen molar-refractivity contribution < 1.29 is 0 Å². The average Bonchev–Trinajstić information content (AvgIpc) is 3.27. The van der Waals surface area contributed by atoms with E-state index in [0.717, 1.165) is 55.1 Å². The highest BCUT2D eigenvalue weighted by atomic mass is 14.8. The van der Waals surface area contributed by atoms with Gasteiger partial charge in [-0.3, -0.25) is 4.98 Å². The minimum atomic E-state index is 0.890. The summed E-state index contributed by atoms with van der Waals surface area (Å²) in [6.07, 6.45) is 3.82. The van der Waals surface area contributed by atoms with Gasteiger partial charge in [0.15, 0.2) is 0 Å². The molecule has 3 heterocycles. The Morgan fingerprint density at radius 1 is 0.286 bits per heavy atom. The third-order valence-electron chi connectivity index (χ3n) is 11.7. The molecule has 3 aromatic heterocycles. The molecule has 0 atom stereocenters. The van der Waals surface area contributed by atoms with Gasteiger partial charge in [0.2, 0.25) is 0 Å². The second-order valence-corrected chi connectivity index (χ2v) is 14.8. The molecule has 9 aromatic carbocycles. The molecule has 0 saturated heterocycles. The molecule has 12 rings (SSSR count). The summed E-state index contributed by atoms with van der Waals surface area (Å²) in [6, 6.07) is 63.7. The lowest BCUT2D eigenvalue weighted by atomic mass is 9.87. The van der Waals surface area contributed by atoms with Crippen molar-refractivity contribution in [3.63, 3.8) is 0 Å². The summed E-state index contributed by atoms with van der Waals surface area (Å²) in [5, 5.41) is 14.5. The lowest BCUT2D eigenvalue weighted by molar-refractivity contribution is 1.33. The summed E-state index contributed by atoms with van der Waals surface area (Å²) >= 11 is 0. The van der Waals surface area contributed by atoms with Gasteiger partial charge in [0.1, 0.15) is 0 Å². The molecule has 3 nitrogen and oxygen atoms in total. The van der Waals surface area contributed by atoms with Crippen LogP contribution < -0.4 is 0 Å². The Hall–Kier alpha value is -7.49. The molecule has 0 aliphatic heterocycles. The first-order valence-electron chi connectivity index (χ1n) is 19.1. The van der Waals surface area contributed by atoms with Gasteiger partial charge in [-0.25, -0.2) is 9.97 Å². The van der Waals surface area contributed by atoms with Crippen molar-refractivity contribution in [2.24, 2.45) is 0 Å². The fourth-order valence-electron chi connectivity index (χ4n) is 8.91. The fourth-order valence-corrected chi connectivity index (χ4v) is 8.91. The topological polar surface area (TPSA) is 38.7 Å². The molecule has 0 amide bonds. The number of nitrogens with zero attached hydrogens (tertiary/aromatic N) is 3. The Bertz CT molecular complexity index is 3540. The smallest absolute Gasteiger partial charge is 0.0972 e. The van der Waals surface area contributed by atoms with E-state index in [-0.39, 0.29) is 0 Å². The van der Waals surface area contributed by atoms with E-state index in [1.165, 1.54) is 65.3 Å². The highest BCUT2D eigenvalue weighted by Crippen LogP contribution is 2.43. The molecule has 0 unspecified atom stereocenters. The van der Waals surface area contributed by atoms with Crippen molar-refractivity contribution in [3.8, 4) is 44.8 Å². The number of hydrogen-bond acceptors (Lipinski definition) is 3. The third-order valence-corrected chi connectivity index (χ3v) is 11.7. The molecular formula is C53H31N3. The third kappa shape index (κ3) is 4.74. The van der Waals surface area contributed by atoms with Crippen LogP contribution in [-0.2, 0) is 0 Å². The lowest BCUT2D eigenvalue weighted by Crippen LogP contribution is -1.92. The predicted octanol–water partition coefficient (Wildman–Crippen LogP) is 14.0. The standard InChI is InChI=1S/C53H31N3/c1-2-7-37-28-39(15-12-32(37)6-1)44-23-17-34-18-24-45-43(22-16-33-19-25-46(44)51(34)50(33)45)38-9-5-10-40(29-38)48-26-20-35-13-14-36-21-27-49(56-53(36)52(35)55-48)47-31-54-30-41-8-3-4-11-42(41)47/h1-31H. The van der Waals surface area contributed by atoms with Gasteiger partial charge in [-0.1, -0.05) is 152 Å². The number of rotatable bonds is 4. The number of benzene rings is 9. The molecule has 0 spiro atoms. The summed E-state index contributed by atoms with van der Waals surface area (Å²) in [6.45, 7) is 0. The first kappa shape index (κ1) is 30.9. The fraction of sp³-hybridized carbons (Fsp3) is 0. The first-order valence-corrected chi connectivity index (χ1v) is 19.1. The van der Waals surface area contributed by atoms with E-state index >= 15 is 0 Å². The van der Waals surface area contributed by atoms with E-state index < -0.39 is 0 Å². The monoisotopic (exact) mass is 709 g/mol. The summed E-state index contributed by atoms with van der Waals surface area (Å²) in [7, 11) is 0. The zero-order valence-corrected chi connectivity index (χ0v) is 30.2. The van der Waals surface area contributed by atoms with Crippen LogP contribution in [0.1, 0.15) is 0 Å². The molecule has 258 valence electrons. The van der Waals surface area contributed by atoms with E-state index in [4.69, 9.17) is 9.97 Å². The van der Waals surface area contributed by atoms with Crippen LogP contribution in [0.5, 0.6) is 0 Å². The summed E-state index contributed by atoms with van der Waals surface area (Å²) in [5.41, 5.74) is 10.6. The molecular weight excluding hydrogens is 679 g/mol. The van der Waals surface area contributed by atoms with Crippen molar-refractivity contribution in [2.75, 3.05) is 0 Å².